The molecule has 0 fully saturated rings. The van der Waals surface area contributed by atoms with E-state index in [2.05, 4.69) is 18.2 Å². The summed E-state index contributed by atoms with van der Waals surface area (Å²) in [6.45, 7) is 0. The Hall–Kier alpha value is -2.87. The maximum atomic E-state index is 12.2. The smallest absolute Gasteiger partial charge is 0.334 e. The Kier molecular flexibility index (Phi) is 4.53. The molecule has 0 saturated carbocycles. The summed E-state index contributed by atoms with van der Waals surface area (Å²) in [4.78, 5) is 12.2. The van der Waals surface area contributed by atoms with Gasteiger partial charge < -0.3 is 4.74 Å². The van der Waals surface area contributed by atoms with Gasteiger partial charge >= 0.3 is 5.97 Å². The molecule has 0 aliphatic carbocycles. The van der Waals surface area contributed by atoms with Crippen molar-refractivity contribution in [2.24, 2.45) is 0 Å². The van der Waals surface area contributed by atoms with Crippen LogP contribution in [0.4, 0.5) is 0 Å². The molecule has 0 heterocycles. The third-order valence-corrected chi connectivity index (χ3v) is 3.84. The molecule has 0 radical (unpaired) electrons. The number of fused-ring (bicyclic) bond motifs is 1. The van der Waals surface area contributed by atoms with Crippen LogP contribution >= 0.6 is 0 Å². The fourth-order valence-electron chi connectivity index (χ4n) is 2.69. The first-order valence-corrected chi connectivity index (χ1v) is 7.58. The molecule has 2 nitrogen and oxygen atoms in total. The lowest BCUT2D eigenvalue weighted by Gasteiger charge is -2.08. The molecule has 0 aliphatic rings. The van der Waals surface area contributed by atoms with Crippen LogP contribution in [-0.4, -0.2) is 13.1 Å². The number of carbonyl (C=O) groups excluding carboxylic acids is 1. The lowest BCUT2D eigenvalue weighted by atomic mass is 9.99. The van der Waals surface area contributed by atoms with Crippen molar-refractivity contribution < 1.29 is 9.53 Å². The monoisotopic (exact) mass is 302 g/mol. The fraction of sp³-hybridized carbons (Fsp3) is 0.0952. The minimum atomic E-state index is -0.290. The number of benzene rings is 3. The molecule has 2 heteroatoms. The van der Waals surface area contributed by atoms with Gasteiger partial charge in [-0.1, -0.05) is 72.8 Å². The highest BCUT2D eigenvalue weighted by Crippen LogP contribution is 2.22. The highest BCUT2D eigenvalue weighted by Gasteiger charge is 2.11. The average molecular weight is 302 g/mol. The number of esters is 1. The van der Waals surface area contributed by atoms with Gasteiger partial charge in [0.15, 0.2) is 0 Å². The Bertz CT molecular complexity index is 843. The van der Waals surface area contributed by atoms with Crippen molar-refractivity contribution in [3.63, 3.8) is 0 Å². The number of methoxy groups -OCH3 is 1. The Morgan fingerprint density at radius 1 is 0.913 bits per heavy atom. The number of carbonyl (C=O) groups is 1. The van der Waals surface area contributed by atoms with Gasteiger partial charge in [0.25, 0.3) is 0 Å². The molecule has 3 aromatic carbocycles. The molecule has 114 valence electrons. The number of ether oxygens (including phenoxy) is 1. The first-order chi connectivity index (χ1) is 11.3. The summed E-state index contributed by atoms with van der Waals surface area (Å²) in [5.41, 5.74) is 2.76. The Morgan fingerprint density at radius 2 is 1.61 bits per heavy atom. The second kappa shape index (κ2) is 6.93. The number of hydrogen-bond donors (Lipinski definition) is 0. The van der Waals surface area contributed by atoms with Gasteiger partial charge in [0.1, 0.15) is 0 Å². The van der Waals surface area contributed by atoms with Crippen LogP contribution in [0.15, 0.2) is 78.4 Å². The minimum absolute atomic E-state index is 0.290. The fourth-order valence-corrected chi connectivity index (χ4v) is 2.69. The van der Waals surface area contributed by atoms with Gasteiger partial charge in [0, 0.05) is 12.0 Å². The van der Waals surface area contributed by atoms with E-state index in [0.717, 1.165) is 21.9 Å². The van der Waals surface area contributed by atoms with E-state index in [1.165, 1.54) is 7.11 Å². The molecule has 0 unspecified atom stereocenters. The van der Waals surface area contributed by atoms with Crippen LogP contribution in [0.1, 0.15) is 11.1 Å². The van der Waals surface area contributed by atoms with Crippen molar-refractivity contribution in [2.45, 2.75) is 6.42 Å². The van der Waals surface area contributed by atoms with Gasteiger partial charge in [-0.05, 0) is 28.0 Å². The minimum Gasteiger partial charge on any atom is -0.466 e. The van der Waals surface area contributed by atoms with Gasteiger partial charge in [-0.2, -0.15) is 0 Å². The van der Waals surface area contributed by atoms with Crippen LogP contribution in [-0.2, 0) is 16.0 Å². The van der Waals surface area contributed by atoms with Gasteiger partial charge in [-0.25, -0.2) is 4.79 Å². The third kappa shape index (κ3) is 3.49. The van der Waals surface area contributed by atoms with Crippen LogP contribution in [0.5, 0.6) is 0 Å². The Balaban J connectivity index is 2.04. The van der Waals surface area contributed by atoms with Crippen LogP contribution in [0.3, 0.4) is 0 Å². The third-order valence-electron chi connectivity index (χ3n) is 3.84. The largest absolute Gasteiger partial charge is 0.466 e. The molecule has 0 aromatic heterocycles. The average Bonchev–Trinajstić information content (AvgIpc) is 2.61. The SMILES string of the molecule is COC(=O)/C(=C\c1cccc2ccccc12)Cc1ccccc1. The van der Waals surface area contributed by atoms with Crippen molar-refractivity contribution in [1.82, 2.24) is 0 Å². The summed E-state index contributed by atoms with van der Waals surface area (Å²) in [6, 6.07) is 24.2. The normalized spacial score (nSPS) is 11.4. The van der Waals surface area contributed by atoms with Crippen LogP contribution in [0, 0.1) is 0 Å². The van der Waals surface area contributed by atoms with Gasteiger partial charge in [-0.3, -0.25) is 0 Å². The lowest BCUT2D eigenvalue weighted by molar-refractivity contribution is -0.136. The highest BCUT2D eigenvalue weighted by atomic mass is 16.5. The molecule has 0 aliphatic heterocycles. The zero-order chi connectivity index (χ0) is 16.1. The molecule has 0 amide bonds. The van der Waals surface area contributed by atoms with E-state index in [-0.39, 0.29) is 5.97 Å². The summed E-state index contributed by atoms with van der Waals surface area (Å²) in [7, 11) is 1.42. The van der Waals surface area contributed by atoms with E-state index in [9.17, 15) is 4.79 Å². The highest BCUT2D eigenvalue weighted by molar-refractivity contribution is 5.98. The van der Waals surface area contributed by atoms with Crippen LogP contribution in [0.2, 0.25) is 0 Å². The first kappa shape index (κ1) is 15.0. The zero-order valence-electron chi connectivity index (χ0n) is 13.0. The summed E-state index contributed by atoms with van der Waals surface area (Å²) in [5, 5.41) is 2.29. The van der Waals surface area contributed by atoms with E-state index in [4.69, 9.17) is 4.74 Å². The Labute approximate surface area is 136 Å². The van der Waals surface area contributed by atoms with Crippen molar-refractivity contribution in [3.8, 4) is 0 Å². The molecular weight excluding hydrogens is 284 g/mol. The number of hydrogen-bond acceptors (Lipinski definition) is 2. The molecule has 3 aromatic rings. The standard InChI is InChI=1S/C21H18O2/c1-23-21(22)19(14-16-8-3-2-4-9-16)15-18-12-7-11-17-10-5-6-13-20(17)18/h2-13,15H,14H2,1H3/b19-15-. The van der Waals surface area contributed by atoms with Gasteiger partial charge in [-0.15, -0.1) is 0 Å². The topological polar surface area (TPSA) is 26.3 Å². The molecule has 0 N–H and O–H groups in total. The summed E-state index contributed by atoms with van der Waals surface area (Å²) in [6.07, 6.45) is 2.48. The quantitative estimate of drug-likeness (QED) is 0.518. The van der Waals surface area contributed by atoms with E-state index in [0.29, 0.717) is 12.0 Å². The first-order valence-electron chi connectivity index (χ1n) is 7.58. The predicted molar refractivity (Wildman–Crippen MR) is 94.1 cm³/mol. The summed E-state index contributed by atoms with van der Waals surface area (Å²) >= 11 is 0. The van der Waals surface area contributed by atoms with Crippen LogP contribution < -0.4 is 0 Å². The molecule has 3 rings (SSSR count). The summed E-state index contributed by atoms with van der Waals surface area (Å²) < 4.78 is 4.96. The molecule has 0 atom stereocenters. The van der Waals surface area contributed by atoms with E-state index in [1.807, 2.05) is 60.7 Å². The predicted octanol–water partition coefficient (Wildman–Crippen LogP) is 4.64. The van der Waals surface area contributed by atoms with E-state index < -0.39 is 0 Å². The summed E-state index contributed by atoms with van der Waals surface area (Å²) in [5.74, 6) is -0.290. The van der Waals surface area contributed by atoms with E-state index in [1.54, 1.807) is 0 Å². The maximum absolute atomic E-state index is 12.2. The number of rotatable bonds is 4. The van der Waals surface area contributed by atoms with Gasteiger partial charge in [0.05, 0.1) is 7.11 Å². The maximum Gasteiger partial charge on any atom is 0.334 e. The van der Waals surface area contributed by atoms with Crippen molar-refractivity contribution >= 4 is 22.8 Å². The lowest BCUT2D eigenvalue weighted by Crippen LogP contribution is -2.07. The zero-order valence-corrected chi connectivity index (χ0v) is 13.0. The molecule has 0 saturated heterocycles. The second-order valence-corrected chi connectivity index (χ2v) is 5.39. The van der Waals surface area contributed by atoms with Crippen molar-refractivity contribution in [3.05, 3.63) is 89.5 Å². The van der Waals surface area contributed by atoms with E-state index >= 15 is 0 Å². The second-order valence-electron chi connectivity index (χ2n) is 5.39. The van der Waals surface area contributed by atoms with Gasteiger partial charge in [0.2, 0.25) is 0 Å². The Morgan fingerprint density at radius 3 is 2.39 bits per heavy atom. The molecule has 23 heavy (non-hydrogen) atoms. The molecule has 0 bridgehead atoms. The van der Waals surface area contributed by atoms with Crippen molar-refractivity contribution in [2.75, 3.05) is 7.11 Å². The molecule has 0 spiro atoms. The van der Waals surface area contributed by atoms with Crippen LogP contribution in [0.25, 0.3) is 16.8 Å². The molecular formula is C21H18O2. The van der Waals surface area contributed by atoms with Crippen molar-refractivity contribution in [1.29, 1.82) is 0 Å².